The lowest BCUT2D eigenvalue weighted by Crippen LogP contribution is -2.24. The van der Waals surface area contributed by atoms with Gasteiger partial charge in [0.25, 0.3) is 0 Å². The minimum atomic E-state index is -1.72. The Hall–Kier alpha value is -1.72. The van der Waals surface area contributed by atoms with Crippen LogP contribution in [0.3, 0.4) is 0 Å². The van der Waals surface area contributed by atoms with Gasteiger partial charge in [-0.15, -0.1) is 0 Å². The van der Waals surface area contributed by atoms with Gasteiger partial charge in [0.2, 0.25) is 17.0 Å². The van der Waals surface area contributed by atoms with Gasteiger partial charge in [0.15, 0.2) is 0 Å². The molecule has 0 heterocycles. The van der Waals surface area contributed by atoms with E-state index in [1.807, 2.05) is 0 Å². The summed E-state index contributed by atoms with van der Waals surface area (Å²) in [6.07, 6.45) is 13.6. The van der Waals surface area contributed by atoms with Crippen LogP contribution in [0.1, 0.15) is 110 Å². The highest BCUT2D eigenvalue weighted by molar-refractivity contribution is 6.69. The van der Waals surface area contributed by atoms with Crippen LogP contribution in [0.2, 0.25) is 0 Å². The predicted octanol–water partition coefficient (Wildman–Crippen LogP) is 5.02. The molecule has 0 aromatic carbocycles. The first-order chi connectivity index (χ1) is 13.5. The van der Waals surface area contributed by atoms with E-state index in [1.54, 1.807) is 0 Å². The quantitative estimate of drug-likeness (QED) is 0.120. The van der Waals surface area contributed by atoms with Crippen LogP contribution < -0.4 is 0 Å². The maximum absolute atomic E-state index is 12.2. The molecule has 1 aliphatic rings. The van der Waals surface area contributed by atoms with Crippen LogP contribution in [0.25, 0.3) is 0 Å². The van der Waals surface area contributed by atoms with Crippen LogP contribution in [0.15, 0.2) is 0 Å². The SMILES string of the molecule is CCCCCCCCCC(=O)OOC(=O)C1(CCCCCCCC)C(=O)C1=O. The summed E-state index contributed by atoms with van der Waals surface area (Å²) < 4.78 is 0. The fraction of sp³-hybridized carbons (Fsp3) is 0.818. The minimum absolute atomic E-state index is 0.144. The second-order valence-electron chi connectivity index (χ2n) is 7.78. The van der Waals surface area contributed by atoms with Gasteiger partial charge in [-0.05, 0) is 12.8 Å². The van der Waals surface area contributed by atoms with Gasteiger partial charge in [0, 0.05) is 0 Å². The number of hydrogen-bond donors (Lipinski definition) is 0. The molecule has 0 atom stereocenters. The molecule has 6 heteroatoms. The number of hydrogen-bond acceptors (Lipinski definition) is 6. The van der Waals surface area contributed by atoms with Crippen molar-refractivity contribution in [2.45, 2.75) is 110 Å². The topological polar surface area (TPSA) is 86.7 Å². The number of Topliss-reactive ketones (excluding diaryl/α,β-unsaturated/α-hetero) is 2. The Labute approximate surface area is 168 Å². The molecule has 1 fully saturated rings. The molecule has 0 bridgehead atoms. The van der Waals surface area contributed by atoms with Gasteiger partial charge in [-0.1, -0.05) is 90.9 Å². The second-order valence-corrected chi connectivity index (χ2v) is 7.78. The van der Waals surface area contributed by atoms with Gasteiger partial charge in [-0.25, -0.2) is 19.4 Å². The van der Waals surface area contributed by atoms with Crippen LogP contribution in [-0.2, 0) is 29.0 Å². The lowest BCUT2D eigenvalue weighted by atomic mass is 9.97. The lowest BCUT2D eigenvalue weighted by Gasteiger charge is -2.09. The van der Waals surface area contributed by atoms with Crippen LogP contribution >= 0.6 is 0 Å². The van der Waals surface area contributed by atoms with Gasteiger partial charge in [-0.2, -0.15) is 0 Å². The average Bonchev–Trinajstić information content (AvgIpc) is 3.22. The Morgan fingerprint density at radius 1 is 0.679 bits per heavy atom. The molecule has 0 aliphatic heterocycles. The number of carbonyl (C=O) groups is 4. The first-order valence-corrected chi connectivity index (χ1v) is 11.0. The van der Waals surface area contributed by atoms with E-state index >= 15 is 0 Å². The van der Waals surface area contributed by atoms with Gasteiger partial charge in [0.1, 0.15) is 0 Å². The third-order valence-corrected chi connectivity index (χ3v) is 5.37. The van der Waals surface area contributed by atoms with Crippen LogP contribution in [0.5, 0.6) is 0 Å². The average molecular weight is 397 g/mol. The third-order valence-electron chi connectivity index (χ3n) is 5.37. The van der Waals surface area contributed by atoms with Gasteiger partial charge >= 0.3 is 11.9 Å². The molecule has 0 aromatic heterocycles. The fourth-order valence-corrected chi connectivity index (χ4v) is 3.38. The van der Waals surface area contributed by atoms with Crippen molar-refractivity contribution >= 4 is 23.5 Å². The Kier molecular flexibility index (Phi) is 11.7. The summed E-state index contributed by atoms with van der Waals surface area (Å²) in [7, 11) is 0. The molecule has 1 saturated carbocycles. The zero-order chi connectivity index (χ0) is 20.8. The molecule has 160 valence electrons. The van der Waals surface area contributed by atoms with Crippen molar-refractivity contribution in [3.05, 3.63) is 0 Å². The standard InChI is InChI=1S/C22H36O6/c1-3-5-7-9-11-12-14-16-18(23)27-28-21(26)22(19(24)20(22)25)17-15-13-10-8-6-4-2/h3-17H2,1-2H3. The Morgan fingerprint density at radius 2 is 1.14 bits per heavy atom. The van der Waals surface area contributed by atoms with E-state index in [1.165, 1.54) is 19.3 Å². The highest BCUT2D eigenvalue weighted by atomic mass is 17.2. The lowest BCUT2D eigenvalue weighted by molar-refractivity contribution is -0.263. The number of ketones is 2. The summed E-state index contributed by atoms with van der Waals surface area (Å²) in [4.78, 5) is 56.4. The van der Waals surface area contributed by atoms with Crippen molar-refractivity contribution in [2.24, 2.45) is 5.41 Å². The molecule has 0 unspecified atom stereocenters. The maximum Gasteiger partial charge on any atom is 0.377 e. The fourth-order valence-electron chi connectivity index (χ4n) is 3.38. The molecule has 0 radical (unpaired) electrons. The summed E-state index contributed by atoms with van der Waals surface area (Å²) in [6.45, 7) is 4.29. The molecule has 0 N–H and O–H groups in total. The molecule has 0 spiro atoms. The van der Waals surface area contributed by atoms with E-state index in [4.69, 9.17) is 0 Å². The van der Waals surface area contributed by atoms with Crippen LogP contribution in [-0.4, -0.2) is 23.5 Å². The molecule has 0 aromatic rings. The van der Waals surface area contributed by atoms with Crippen molar-refractivity contribution in [1.29, 1.82) is 0 Å². The van der Waals surface area contributed by atoms with Crippen molar-refractivity contribution in [1.82, 2.24) is 0 Å². The summed E-state index contributed by atoms with van der Waals surface area (Å²) in [5.41, 5.74) is -1.72. The van der Waals surface area contributed by atoms with E-state index in [0.29, 0.717) is 12.8 Å². The van der Waals surface area contributed by atoms with E-state index in [2.05, 4.69) is 23.6 Å². The van der Waals surface area contributed by atoms with E-state index in [0.717, 1.165) is 51.4 Å². The molecule has 28 heavy (non-hydrogen) atoms. The highest BCUT2D eigenvalue weighted by Gasteiger charge is 2.72. The molecule has 0 amide bonds. The summed E-state index contributed by atoms with van der Waals surface area (Å²) in [6, 6.07) is 0. The number of carbonyl (C=O) groups excluding carboxylic acids is 4. The van der Waals surface area contributed by atoms with Crippen LogP contribution in [0, 0.1) is 5.41 Å². The van der Waals surface area contributed by atoms with E-state index in [-0.39, 0.29) is 12.8 Å². The Bertz CT molecular complexity index is 511. The van der Waals surface area contributed by atoms with Crippen LogP contribution in [0.4, 0.5) is 0 Å². The Balaban J connectivity index is 2.22. The third kappa shape index (κ3) is 7.72. The zero-order valence-corrected chi connectivity index (χ0v) is 17.6. The normalized spacial score (nSPS) is 14.8. The Morgan fingerprint density at radius 3 is 1.64 bits per heavy atom. The van der Waals surface area contributed by atoms with Gasteiger partial charge in [0.05, 0.1) is 6.42 Å². The zero-order valence-electron chi connectivity index (χ0n) is 17.6. The van der Waals surface area contributed by atoms with Gasteiger partial charge < -0.3 is 0 Å². The van der Waals surface area contributed by atoms with Crippen molar-refractivity contribution in [2.75, 3.05) is 0 Å². The first-order valence-electron chi connectivity index (χ1n) is 11.0. The monoisotopic (exact) mass is 396 g/mol. The highest BCUT2D eigenvalue weighted by Crippen LogP contribution is 2.43. The van der Waals surface area contributed by atoms with Crippen molar-refractivity contribution < 1.29 is 29.0 Å². The van der Waals surface area contributed by atoms with Crippen molar-refractivity contribution in [3.8, 4) is 0 Å². The smallest absolute Gasteiger partial charge is 0.289 e. The molecule has 1 rings (SSSR count). The largest absolute Gasteiger partial charge is 0.377 e. The molecular formula is C22H36O6. The predicted molar refractivity (Wildman–Crippen MR) is 105 cm³/mol. The van der Waals surface area contributed by atoms with Crippen molar-refractivity contribution in [3.63, 3.8) is 0 Å². The molecular weight excluding hydrogens is 360 g/mol. The molecule has 6 nitrogen and oxygen atoms in total. The second kappa shape index (κ2) is 13.5. The van der Waals surface area contributed by atoms with Gasteiger partial charge in [-0.3, -0.25) is 9.59 Å². The molecule has 0 saturated heterocycles. The molecule has 1 aliphatic carbocycles. The first kappa shape index (κ1) is 24.3. The summed E-state index contributed by atoms with van der Waals surface area (Å²) in [5, 5.41) is 0. The number of unbranched alkanes of at least 4 members (excludes halogenated alkanes) is 11. The summed E-state index contributed by atoms with van der Waals surface area (Å²) in [5.74, 6) is -3.13. The maximum atomic E-state index is 12.2. The van der Waals surface area contributed by atoms with E-state index in [9.17, 15) is 19.2 Å². The summed E-state index contributed by atoms with van der Waals surface area (Å²) >= 11 is 0. The van der Waals surface area contributed by atoms with E-state index < -0.39 is 28.9 Å². The number of rotatable bonds is 16. The minimum Gasteiger partial charge on any atom is -0.289 e.